The van der Waals surface area contributed by atoms with Crippen LogP contribution >= 0.6 is 7.60 Å². The first-order chi connectivity index (χ1) is 8.16. The average molecular weight is 256 g/mol. The van der Waals surface area contributed by atoms with E-state index in [-0.39, 0.29) is 12.2 Å². The Morgan fingerprint density at radius 1 is 0.941 bits per heavy atom. The lowest BCUT2D eigenvalue weighted by molar-refractivity contribution is 0.107. The Balaban J connectivity index is 1.82. The lowest BCUT2D eigenvalue weighted by Gasteiger charge is -2.27. The van der Waals surface area contributed by atoms with Gasteiger partial charge in [0.15, 0.2) is 0 Å². The van der Waals surface area contributed by atoms with E-state index < -0.39 is 7.60 Å². The van der Waals surface area contributed by atoms with Gasteiger partial charge >= 0.3 is 7.60 Å². The third-order valence-electron chi connectivity index (χ3n) is 3.12. The summed E-state index contributed by atoms with van der Waals surface area (Å²) in [6, 6.07) is 0. The molecule has 0 aromatic rings. The zero-order valence-corrected chi connectivity index (χ0v) is 11.3. The minimum atomic E-state index is -2.90. The second-order valence-electron chi connectivity index (χ2n) is 4.80. The van der Waals surface area contributed by atoms with E-state index in [1.807, 2.05) is 0 Å². The fourth-order valence-electron chi connectivity index (χ4n) is 2.29. The quantitative estimate of drug-likeness (QED) is 0.562. The lowest BCUT2D eigenvalue weighted by atomic mass is 10.1. The highest BCUT2D eigenvalue weighted by Gasteiger charge is 2.27. The minimum absolute atomic E-state index is 0.0648. The molecule has 0 fully saturated rings. The molecule has 0 saturated heterocycles. The molecule has 0 amide bonds. The molecule has 0 heterocycles. The van der Waals surface area contributed by atoms with Gasteiger partial charge in [-0.15, -0.1) is 0 Å². The number of allylic oxidation sites excluding steroid dienone is 2. The Hall–Kier alpha value is -0.370. The Labute approximate surface area is 103 Å². The second-order valence-corrected chi connectivity index (χ2v) is 6.76. The van der Waals surface area contributed by atoms with E-state index in [9.17, 15) is 4.57 Å². The molecular weight excluding hydrogens is 235 g/mol. The molecule has 17 heavy (non-hydrogen) atoms. The van der Waals surface area contributed by atoms with Gasteiger partial charge in [0.05, 0.1) is 12.2 Å². The second kappa shape index (κ2) is 5.99. The predicted molar refractivity (Wildman–Crippen MR) is 69.3 cm³/mol. The first-order valence-electron chi connectivity index (χ1n) is 6.40. The fourth-order valence-corrected chi connectivity index (χ4v) is 3.81. The van der Waals surface area contributed by atoms with Gasteiger partial charge < -0.3 is 9.05 Å². The molecule has 0 aromatic heterocycles. The van der Waals surface area contributed by atoms with Crippen molar-refractivity contribution in [3.63, 3.8) is 0 Å². The van der Waals surface area contributed by atoms with Crippen molar-refractivity contribution in [1.29, 1.82) is 0 Å². The Bertz CT molecular complexity index is 319. The SMILES string of the molecule is CP(=O)(OC1CC=CCC1)OC1CC=CCC1. The van der Waals surface area contributed by atoms with Crippen molar-refractivity contribution in [2.75, 3.05) is 6.66 Å². The van der Waals surface area contributed by atoms with E-state index in [1.54, 1.807) is 6.66 Å². The Morgan fingerprint density at radius 2 is 1.41 bits per heavy atom. The number of hydrogen-bond donors (Lipinski definition) is 0. The van der Waals surface area contributed by atoms with Gasteiger partial charge in [0.2, 0.25) is 0 Å². The van der Waals surface area contributed by atoms with Gasteiger partial charge in [-0.2, -0.15) is 0 Å². The van der Waals surface area contributed by atoms with Crippen LogP contribution in [0.2, 0.25) is 0 Å². The molecule has 2 unspecified atom stereocenters. The molecule has 96 valence electrons. The molecule has 0 radical (unpaired) electrons. The summed E-state index contributed by atoms with van der Waals surface area (Å²) in [7, 11) is -2.90. The van der Waals surface area contributed by atoms with Crippen molar-refractivity contribution >= 4 is 7.60 Å². The van der Waals surface area contributed by atoms with Crippen LogP contribution in [-0.4, -0.2) is 18.9 Å². The Kier molecular flexibility index (Phi) is 4.61. The summed E-state index contributed by atoms with van der Waals surface area (Å²) < 4.78 is 23.5. The van der Waals surface area contributed by atoms with Crippen LogP contribution in [0.4, 0.5) is 0 Å². The molecule has 3 nitrogen and oxygen atoms in total. The molecule has 2 rings (SSSR count). The molecule has 2 aliphatic rings. The zero-order valence-electron chi connectivity index (χ0n) is 10.4. The highest BCUT2D eigenvalue weighted by molar-refractivity contribution is 7.53. The van der Waals surface area contributed by atoms with Crippen LogP contribution in [-0.2, 0) is 13.6 Å². The van der Waals surface area contributed by atoms with Crippen LogP contribution in [0.3, 0.4) is 0 Å². The van der Waals surface area contributed by atoms with Crippen molar-refractivity contribution in [1.82, 2.24) is 0 Å². The summed E-state index contributed by atoms with van der Waals surface area (Å²) in [4.78, 5) is 0. The number of hydrogen-bond acceptors (Lipinski definition) is 3. The van der Waals surface area contributed by atoms with Crippen LogP contribution < -0.4 is 0 Å². The maximum Gasteiger partial charge on any atom is 0.328 e. The van der Waals surface area contributed by atoms with E-state index in [0.717, 1.165) is 38.5 Å². The summed E-state index contributed by atoms with van der Waals surface area (Å²) in [5, 5.41) is 0. The number of rotatable bonds is 4. The molecule has 0 N–H and O–H groups in total. The monoisotopic (exact) mass is 256 g/mol. The third-order valence-corrected chi connectivity index (χ3v) is 4.49. The van der Waals surface area contributed by atoms with Crippen molar-refractivity contribution in [2.45, 2.75) is 50.7 Å². The standard InChI is InChI=1S/C13H21O3P/c1-17(14,15-12-8-4-2-5-9-12)16-13-10-6-3-7-11-13/h2-4,6,12-13H,5,7-11H2,1H3. The van der Waals surface area contributed by atoms with E-state index in [4.69, 9.17) is 9.05 Å². The van der Waals surface area contributed by atoms with Crippen LogP contribution in [0.25, 0.3) is 0 Å². The van der Waals surface area contributed by atoms with E-state index in [1.165, 1.54) is 0 Å². The lowest BCUT2D eigenvalue weighted by Crippen LogP contribution is -2.17. The van der Waals surface area contributed by atoms with Gasteiger partial charge in [-0.3, -0.25) is 4.57 Å². The largest absolute Gasteiger partial charge is 0.328 e. The van der Waals surface area contributed by atoms with Gasteiger partial charge in [0, 0.05) is 6.66 Å². The van der Waals surface area contributed by atoms with Gasteiger partial charge in [0.1, 0.15) is 0 Å². The van der Waals surface area contributed by atoms with Gasteiger partial charge in [-0.05, 0) is 38.5 Å². The molecule has 0 aromatic carbocycles. The molecule has 2 atom stereocenters. The van der Waals surface area contributed by atoms with E-state index in [2.05, 4.69) is 24.3 Å². The first-order valence-corrected chi connectivity index (χ1v) is 8.39. The maximum absolute atomic E-state index is 12.3. The van der Waals surface area contributed by atoms with Gasteiger partial charge in [-0.25, -0.2) is 0 Å². The molecule has 0 aliphatic heterocycles. The van der Waals surface area contributed by atoms with Crippen molar-refractivity contribution < 1.29 is 13.6 Å². The summed E-state index contributed by atoms with van der Waals surface area (Å²) in [6.07, 6.45) is 14.2. The van der Waals surface area contributed by atoms with Crippen LogP contribution in [0.5, 0.6) is 0 Å². The molecule has 0 saturated carbocycles. The molecule has 2 aliphatic carbocycles. The van der Waals surface area contributed by atoms with Crippen LogP contribution in [0.1, 0.15) is 38.5 Å². The van der Waals surface area contributed by atoms with Crippen molar-refractivity contribution in [3.05, 3.63) is 24.3 Å². The van der Waals surface area contributed by atoms with Gasteiger partial charge in [0.25, 0.3) is 0 Å². The zero-order chi connectivity index (χ0) is 12.1. The molecule has 0 spiro atoms. The molecular formula is C13H21O3P. The van der Waals surface area contributed by atoms with Crippen LogP contribution in [0, 0.1) is 0 Å². The summed E-state index contributed by atoms with van der Waals surface area (Å²) in [5.41, 5.74) is 0. The predicted octanol–water partition coefficient (Wildman–Crippen LogP) is 4.06. The summed E-state index contributed by atoms with van der Waals surface area (Å²) in [6.45, 7) is 1.60. The van der Waals surface area contributed by atoms with E-state index in [0.29, 0.717) is 0 Å². The fraction of sp³-hybridized carbons (Fsp3) is 0.692. The highest BCUT2D eigenvalue weighted by Crippen LogP contribution is 2.49. The summed E-state index contributed by atoms with van der Waals surface area (Å²) in [5.74, 6) is 0. The van der Waals surface area contributed by atoms with Crippen LogP contribution in [0.15, 0.2) is 24.3 Å². The highest BCUT2D eigenvalue weighted by atomic mass is 31.2. The van der Waals surface area contributed by atoms with Crippen molar-refractivity contribution in [3.8, 4) is 0 Å². The summed E-state index contributed by atoms with van der Waals surface area (Å²) >= 11 is 0. The van der Waals surface area contributed by atoms with Crippen molar-refractivity contribution in [2.24, 2.45) is 0 Å². The third kappa shape index (κ3) is 4.42. The maximum atomic E-state index is 12.3. The Morgan fingerprint density at radius 3 is 1.76 bits per heavy atom. The molecule has 4 heteroatoms. The smallest absolute Gasteiger partial charge is 0.305 e. The topological polar surface area (TPSA) is 35.5 Å². The average Bonchev–Trinajstić information content (AvgIpc) is 2.30. The first kappa shape index (κ1) is 13.1. The van der Waals surface area contributed by atoms with Gasteiger partial charge in [-0.1, -0.05) is 24.3 Å². The normalized spacial score (nSPS) is 32.3. The molecule has 0 bridgehead atoms. The minimum Gasteiger partial charge on any atom is -0.305 e. The van der Waals surface area contributed by atoms with E-state index >= 15 is 0 Å².